The predicted molar refractivity (Wildman–Crippen MR) is 91.7 cm³/mol. The van der Waals surface area contributed by atoms with Crippen LogP contribution < -0.4 is 15.3 Å². The molecule has 0 aliphatic carbocycles. The molecule has 0 aliphatic rings. The molecule has 1 heterocycles. The molecule has 0 unspecified atom stereocenters. The molecule has 0 saturated carbocycles. The van der Waals surface area contributed by atoms with Gasteiger partial charge in [0.05, 0.1) is 5.56 Å². The molecule has 9 heteroatoms. The van der Waals surface area contributed by atoms with Gasteiger partial charge in [0, 0.05) is 11.3 Å². The van der Waals surface area contributed by atoms with Crippen LogP contribution in [-0.2, 0) is 6.18 Å². The van der Waals surface area contributed by atoms with E-state index in [1.54, 1.807) is 0 Å². The Morgan fingerprint density at radius 3 is 2.52 bits per heavy atom. The maximum Gasteiger partial charge on any atom is 0.416 e. The summed E-state index contributed by atoms with van der Waals surface area (Å²) >= 11 is 0. The van der Waals surface area contributed by atoms with E-state index >= 15 is 0 Å². The first-order chi connectivity index (χ1) is 12.8. The molecule has 0 spiro atoms. The van der Waals surface area contributed by atoms with Gasteiger partial charge in [-0.05, 0) is 41.6 Å². The number of rotatable bonds is 4. The zero-order chi connectivity index (χ0) is 19.4. The molecule has 0 saturated heterocycles. The lowest BCUT2D eigenvalue weighted by molar-refractivity contribution is -0.654. The van der Waals surface area contributed by atoms with E-state index < -0.39 is 17.8 Å². The lowest BCUT2D eigenvalue weighted by atomic mass is 10.2. The third-order valence-electron chi connectivity index (χ3n) is 3.53. The summed E-state index contributed by atoms with van der Waals surface area (Å²) in [6, 6.07) is 12.7. The normalized spacial score (nSPS) is 11.1. The Morgan fingerprint density at radius 1 is 1.07 bits per heavy atom. The van der Waals surface area contributed by atoms with Crippen molar-refractivity contribution in [2.45, 2.75) is 6.18 Å². The molecule has 1 aromatic heterocycles. The van der Waals surface area contributed by atoms with Crippen molar-refractivity contribution in [3.63, 3.8) is 0 Å². The Labute approximate surface area is 151 Å². The van der Waals surface area contributed by atoms with Crippen molar-refractivity contribution in [3.05, 3.63) is 78.5 Å². The van der Waals surface area contributed by atoms with Crippen LogP contribution >= 0.6 is 0 Å². The molecule has 0 bridgehead atoms. The van der Waals surface area contributed by atoms with E-state index in [1.807, 2.05) is 30.3 Å². The maximum absolute atomic E-state index is 12.7. The Balaban J connectivity index is 1.66. The number of nitrogens with one attached hydrogen (secondary N) is 2. The second-order valence-electron chi connectivity index (χ2n) is 5.48. The lowest BCUT2D eigenvalue weighted by Gasteiger charge is -2.09. The second-order valence-corrected chi connectivity index (χ2v) is 5.48. The van der Waals surface area contributed by atoms with Crippen molar-refractivity contribution >= 4 is 23.3 Å². The summed E-state index contributed by atoms with van der Waals surface area (Å²) in [4.78, 5) is 12.0. The number of halogens is 3. The highest BCUT2D eigenvalue weighted by molar-refractivity contribution is 5.98. The summed E-state index contributed by atoms with van der Waals surface area (Å²) in [5, 5.41) is 8.41. The van der Waals surface area contributed by atoms with Gasteiger partial charge in [-0.25, -0.2) is 4.79 Å². The molecule has 138 valence electrons. The monoisotopic (exact) mass is 375 g/mol. The molecule has 2 amide bonds. The van der Waals surface area contributed by atoms with Crippen molar-refractivity contribution in [2.75, 3.05) is 10.6 Å². The lowest BCUT2D eigenvalue weighted by Crippen LogP contribution is -2.33. The molecular weight excluding hydrogens is 361 g/mol. The van der Waals surface area contributed by atoms with Gasteiger partial charge < -0.3 is 5.32 Å². The molecule has 0 radical (unpaired) electrons. The van der Waals surface area contributed by atoms with Gasteiger partial charge in [-0.1, -0.05) is 24.3 Å². The Hall–Kier alpha value is -3.62. The van der Waals surface area contributed by atoms with Crippen LogP contribution in [0.4, 0.5) is 29.5 Å². The minimum absolute atomic E-state index is 0.00319. The highest BCUT2D eigenvalue weighted by Gasteiger charge is 2.30. The summed E-state index contributed by atoms with van der Waals surface area (Å²) < 4.78 is 44.4. The number of amides is 2. The molecule has 27 heavy (non-hydrogen) atoms. The highest BCUT2D eigenvalue weighted by atomic mass is 19.4. The minimum Gasteiger partial charge on any atom is -0.308 e. The first-order valence-corrected chi connectivity index (χ1v) is 7.71. The Kier molecular flexibility index (Phi) is 4.93. The smallest absolute Gasteiger partial charge is 0.308 e. The summed E-state index contributed by atoms with van der Waals surface area (Å²) in [5.74, 6) is -0.00319. The highest BCUT2D eigenvalue weighted by Crippen LogP contribution is 2.30. The van der Waals surface area contributed by atoms with Gasteiger partial charge in [0.25, 0.3) is 6.20 Å². The van der Waals surface area contributed by atoms with Crippen molar-refractivity contribution in [2.24, 2.45) is 0 Å². The van der Waals surface area contributed by atoms with E-state index in [-0.39, 0.29) is 11.6 Å². The fraction of sp³-hybridized carbons (Fsp3) is 0.0556. The van der Waals surface area contributed by atoms with Crippen LogP contribution in [0.3, 0.4) is 0 Å². The van der Waals surface area contributed by atoms with E-state index in [1.165, 1.54) is 23.0 Å². The second kappa shape index (κ2) is 7.32. The zero-order valence-corrected chi connectivity index (χ0v) is 13.8. The van der Waals surface area contributed by atoms with Gasteiger partial charge in [-0.3, -0.25) is 9.84 Å². The van der Waals surface area contributed by atoms with Crippen LogP contribution in [0.2, 0.25) is 0 Å². The molecule has 6 nitrogen and oxygen atoms in total. The first-order valence-electron chi connectivity index (χ1n) is 7.71. The van der Waals surface area contributed by atoms with Gasteiger partial charge >= 0.3 is 18.1 Å². The van der Waals surface area contributed by atoms with E-state index in [4.69, 9.17) is 4.52 Å². The number of hydrogen-bond acceptors (Lipinski definition) is 3. The third kappa shape index (κ3) is 4.51. The molecule has 3 aromatic rings. The van der Waals surface area contributed by atoms with Crippen LogP contribution in [-0.4, -0.2) is 11.3 Å². The number of carbonyl (C=O) groups is 1. The van der Waals surface area contributed by atoms with Crippen molar-refractivity contribution in [1.82, 2.24) is 5.27 Å². The van der Waals surface area contributed by atoms with Crippen molar-refractivity contribution in [1.29, 1.82) is 0 Å². The van der Waals surface area contributed by atoms with Crippen LogP contribution in [0.5, 0.6) is 0 Å². The third-order valence-corrected chi connectivity index (χ3v) is 3.53. The van der Waals surface area contributed by atoms with Crippen LogP contribution in [0.15, 0.2) is 71.9 Å². The quantitative estimate of drug-likeness (QED) is 0.673. The fourth-order valence-corrected chi connectivity index (χ4v) is 2.24. The van der Waals surface area contributed by atoms with Crippen molar-refractivity contribution in [3.8, 4) is 0 Å². The summed E-state index contributed by atoms with van der Waals surface area (Å²) in [7, 11) is 0. The summed E-state index contributed by atoms with van der Waals surface area (Å²) in [5.41, 5.74) is 0.446. The fourth-order valence-electron chi connectivity index (χ4n) is 2.24. The largest absolute Gasteiger partial charge is 0.416 e. The van der Waals surface area contributed by atoms with E-state index in [9.17, 15) is 18.0 Å². The number of alkyl halides is 3. The van der Waals surface area contributed by atoms with Gasteiger partial charge in [-0.2, -0.15) is 13.2 Å². The molecule has 3 rings (SSSR count). The van der Waals surface area contributed by atoms with Crippen molar-refractivity contribution < 1.29 is 27.2 Å². The molecule has 0 atom stereocenters. The predicted octanol–water partition coefficient (Wildman–Crippen LogP) is 4.14. The number of benzene rings is 2. The molecule has 0 aliphatic heterocycles. The number of carbonyl (C=O) groups excluding carboxylic acids is 1. The topological polar surface area (TPSA) is 71.0 Å². The van der Waals surface area contributed by atoms with Gasteiger partial charge in [0.2, 0.25) is 11.0 Å². The van der Waals surface area contributed by atoms with Crippen LogP contribution in [0.25, 0.3) is 5.70 Å². The molecule has 2 N–H and O–H groups in total. The minimum atomic E-state index is -4.50. The zero-order valence-electron chi connectivity index (χ0n) is 13.8. The average Bonchev–Trinajstić information content (AvgIpc) is 3.09. The Morgan fingerprint density at radius 2 is 1.81 bits per heavy atom. The van der Waals surface area contributed by atoms with E-state index in [0.717, 1.165) is 17.7 Å². The first kappa shape index (κ1) is 18.2. The van der Waals surface area contributed by atoms with Crippen LogP contribution in [0, 0.1) is 0 Å². The van der Waals surface area contributed by atoms with E-state index in [0.29, 0.717) is 5.70 Å². The summed E-state index contributed by atoms with van der Waals surface area (Å²) in [6.45, 7) is 3.89. The van der Waals surface area contributed by atoms with Gasteiger partial charge in [0.1, 0.15) is 0 Å². The molecule has 2 aromatic carbocycles. The maximum atomic E-state index is 12.7. The average molecular weight is 375 g/mol. The summed E-state index contributed by atoms with van der Waals surface area (Å²) in [6.07, 6.45) is -3.11. The van der Waals surface area contributed by atoms with Gasteiger partial charge in [0.15, 0.2) is 0 Å². The number of anilines is 2. The Bertz CT molecular complexity index is 968. The van der Waals surface area contributed by atoms with Crippen LogP contribution in [0.1, 0.15) is 11.1 Å². The number of nitrogens with zero attached hydrogens (tertiary/aromatic N) is 2. The molecule has 0 fully saturated rings. The van der Waals surface area contributed by atoms with E-state index in [2.05, 4.69) is 22.5 Å². The molecular formula is C18H14F3N4O2+. The standard InChI is InChI=1S/C18H13F3N4O2/c1-12(13-6-3-2-4-7-13)25-11-16(27-24-25)23-17(26)22-15-9-5-8-14(10-15)18(19,20)21/h2-11H,1H2,(H-,22,23,24,26)/p+1. The SMILES string of the molecule is C=C(c1ccccc1)[n+]1cc(NC(=O)Nc2cccc(C(F)(F)F)c2)on1. The number of aromatic nitrogens is 2. The van der Waals surface area contributed by atoms with Gasteiger partial charge in [-0.15, -0.1) is 0 Å². The number of hydrogen-bond donors (Lipinski definition) is 2. The number of urea groups is 1.